The number of nitro benzene ring substituents is 1. The van der Waals surface area contributed by atoms with Crippen molar-refractivity contribution in [3.63, 3.8) is 0 Å². The summed E-state index contributed by atoms with van der Waals surface area (Å²) >= 11 is 3.15. The molecule has 0 amide bonds. The highest BCUT2D eigenvalue weighted by molar-refractivity contribution is 9.10. The molecule has 0 aliphatic heterocycles. The normalized spacial score (nSPS) is 11.7. The highest BCUT2D eigenvalue weighted by atomic mass is 79.9. The topological polar surface area (TPSA) is 69.2 Å². The fourth-order valence-corrected chi connectivity index (χ4v) is 1.88. The minimum atomic E-state index is -0.403. The number of nitrogens with zero attached hydrogens (tertiary/aromatic N) is 1. The molecule has 17 heavy (non-hydrogen) atoms. The highest BCUT2D eigenvalue weighted by Gasteiger charge is 2.15. The molecule has 0 spiro atoms. The first kappa shape index (κ1) is 16.4. The molecule has 0 saturated heterocycles. The van der Waals surface area contributed by atoms with Crippen LogP contribution in [0.25, 0.3) is 0 Å². The largest absolute Gasteiger partial charge is 0.324 e. The second-order valence-electron chi connectivity index (χ2n) is 3.72. The average Bonchev–Trinajstić information content (AvgIpc) is 2.26. The maximum Gasteiger partial charge on any atom is 0.283 e. The van der Waals surface area contributed by atoms with Gasteiger partial charge in [-0.25, -0.2) is 0 Å². The van der Waals surface area contributed by atoms with Gasteiger partial charge in [0.15, 0.2) is 0 Å². The maximum atomic E-state index is 10.7. The van der Waals surface area contributed by atoms with Crippen molar-refractivity contribution < 1.29 is 4.92 Å². The van der Waals surface area contributed by atoms with Crippen LogP contribution in [0.5, 0.6) is 0 Å². The maximum absolute atomic E-state index is 10.7. The molecule has 0 unspecified atom stereocenters. The van der Waals surface area contributed by atoms with Gasteiger partial charge < -0.3 is 5.73 Å². The summed E-state index contributed by atoms with van der Waals surface area (Å²) in [6.45, 7) is 2.09. The van der Waals surface area contributed by atoms with E-state index in [0.29, 0.717) is 4.47 Å². The van der Waals surface area contributed by atoms with Gasteiger partial charge >= 0.3 is 0 Å². The van der Waals surface area contributed by atoms with E-state index in [1.165, 1.54) is 0 Å². The Morgan fingerprint density at radius 3 is 2.71 bits per heavy atom. The van der Waals surface area contributed by atoms with Crippen LogP contribution in [0.1, 0.15) is 37.8 Å². The van der Waals surface area contributed by atoms with Crippen LogP contribution in [0.15, 0.2) is 22.7 Å². The number of rotatable bonds is 5. The van der Waals surface area contributed by atoms with E-state index in [4.69, 9.17) is 5.73 Å². The van der Waals surface area contributed by atoms with E-state index in [1.807, 2.05) is 6.07 Å². The van der Waals surface area contributed by atoms with Gasteiger partial charge in [-0.15, -0.1) is 12.4 Å². The van der Waals surface area contributed by atoms with Crippen molar-refractivity contribution in [1.29, 1.82) is 0 Å². The Hall–Kier alpha value is -0.650. The summed E-state index contributed by atoms with van der Waals surface area (Å²) in [6.07, 6.45) is 2.96. The van der Waals surface area contributed by atoms with E-state index in [-0.39, 0.29) is 24.1 Å². The first-order valence-electron chi connectivity index (χ1n) is 5.25. The van der Waals surface area contributed by atoms with E-state index < -0.39 is 4.92 Å². The van der Waals surface area contributed by atoms with E-state index >= 15 is 0 Å². The summed E-state index contributed by atoms with van der Waals surface area (Å²) in [5.41, 5.74) is 6.86. The van der Waals surface area contributed by atoms with Crippen molar-refractivity contribution in [1.82, 2.24) is 0 Å². The smallest absolute Gasteiger partial charge is 0.283 e. The summed E-state index contributed by atoms with van der Waals surface area (Å²) in [6, 6.07) is 4.94. The summed E-state index contributed by atoms with van der Waals surface area (Å²) in [7, 11) is 0. The lowest BCUT2D eigenvalue weighted by Crippen LogP contribution is -2.10. The lowest BCUT2D eigenvalue weighted by molar-refractivity contribution is -0.385. The van der Waals surface area contributed by atoms with Crippen LogP contribution >= 0.6 is 28.3 Å². The Kier molecular flexibility index (Phi) is 7.34. The number of benzene rings is 1. The molecule has 0 aromatic heterocycles. The SMILES string of the molecule is CCCC[C@H](N)c1ccc(Br)c([N+](=O)[O-])c1.Cl. The first-order chi connectivity index (χ1) is 7.56. The third kappa shape index (κ3) is 4.61. The highest BCUT2D eigenvalue weighted by Crippen LogP contribution is 2.28. The molecule has 0 heterocycles. The molecule has 1 aromatic carbocycles. The van der Waals surface area contributed by atoms with Crippen molar-refractivity contribution in [3.05, 3.63) is 38.3 Å². The van der Waals surface area contributed by atoms with Crippen molar-refractivity contribution in [2.45, 2.75) is 32.2 Å². The predicted molar refractivity (Wildman–Crippen MR) is 74.5 cm³/mol. The van der Waals surface area contributed by atoms with Crippen LogP contribution in [0.2, 0.25) is 0 Å². The molecule has 1 rings (SSSR count). The average molecular weight is 324 g/mol. The molecule has 0 aliphatic rings. The van der Waals surface area contributed by atoms with Crippen LogP contribution in [0.3, 0.4) is 0 Å². The third-order valence-electron chi connectivity index (χ3n) is 2.46. The molecule has 0 fully saturated rings. The number of hydrogen-bond acceptors (Lipinski definition) is 3. The van der Waals surface area contributed by atoms with Crippen LogP contribution in [-0.2, 0) is 0 Å². The fraction of sp³-hybridized carbons (Fsp3) is 0.455. The molecule has 4 nitrogen and oxygen atoms in total. The fourth-order valence-electron chi connectivity index (χ4n) is 1.49. The second-order valence-corrected chi connectivity index (χ2v) is 4.57. The van der Waals surface area contributed by atoms with Crippen molar-refractivity contribution in [2.24, 2.45) is 5.73 Å². The minimum absolute atomic E-state index is 0. The molecule has 0 bridgehead atoms. The van der Waals surface area contributed by atoms with Gasteiger partial charge in [-0.05, 0) is 34.0 Å². The molecular weight excluding hydrogens is 307 g/mol. The zero-order valence-corrected chi connectivity index (χ0v) is 12.0. The number of nitrogens with two attached hydrogens (primary N) is 1. The van der Waals surface area contributed by atoms with Gasteiger partial charge in [0.05, 0.1) is 9.40 Å². The molecular formula is C11H16BrClN2O2. The Balaban J connectivity index is 0.00000256. The van der Waals surface area contributed by atoms with Gasteiger partial charge in [0.2, 0.25) is 0 Å². The van der Waals surface area contributed by atoms with Gasteiger partial charge in [0, 0.05) is 12.1 Å². The lowest BCUT2D eigenvalue weighted by Gasteiger charge is -2.11. The van der Waals surface area contributed by atoms with Gasteiger partial charge in [-0.2, -0.15) is 0 Å². The van der Waals surface area contributed by atoms with E-state index in [1.54, 1.807) is 12.1 Å². The van der Waals surface area contributed by atoms with Crippen molar-refractivity contribution >= 4 is 34.0 Å². The zero-order valence-electron chi connectivity index (χ0n) is 9.56. The van der Waals surface area contributed by atoms with Crippen molar-refractivity contribution in [3.8, 4) is 0 Å². The third-order valence-corrected chi connectivity index (χ3v) is 3.13. The number of unbranched alkanes of at least 4 members (excludes halogenated alkanes) is 1. The van der Waals surface area contributed by atoms with Crippen LogP contribution in [-0.4, -0.2) is 4.92 Å². The summed E-state index contributed by atoms with van der Waals surface area (Å²) in [5, 5.41) is 10.7. The monoisotopic (exact) mass is 322 g/mol. The molecule has 0 saturated carbocycles. The predicted octanol–water partition coefficient (Wildman–Crippen LogP) is 3.97. The van der Waals surface area contributed by atoms with Gasteiger partial charge in [0.25, 0.3) is 5.69 Å². The molecule has 2 N–H and O–H groups in total. The minimum Gasteiger partial charge on any atom is -0.324 e. The van der Waals surface area contributed by atoms with Gasteiger partial charge in [0.1, 0.15) is 0 Å². The summed E-state index contributed by atoms with van der Waals surface area (Å²) in [5.74, 6) is 0. The van der Waals surface area contributed by atoms with E-state index in [0.717, 1.165) is 24.8 Å². The number of nitro groups is 1. The Morgan fingerprint density at radius 2 is 2.18 bits per heavy atom. The van der Waals surface area contributed by atoms with E-state index in [2.05, 4.69) is 22.9 Å². The van der Waals surface area contributed by atoms with Crippen LogP contribution in [0.4, 0.5) is 5.69 Å². The zero-order chi connectivity index (χ0) is 12.1. The number of halogens is 2. The van der Waals surface area contributed by atoms with E-state index in [9.17, 15) is 10.1 Å². The molecule has 6 heteroatoms. The molecule has 0 radical (unpaired) electrons. The molecule has 1 atom stereocenters. The molecule has 0 aliphatic carbocycles. The second kappa shape index (κ2) is 7.63. The lowest BCUT2D eigenvalue weighted by atomic mass is 10.0. The van der Waals surface area contributed by atoms with Crippen molar-refractivity contribution in [2.75, 3.05) is 0 Å². The summed E-state index contributed by atoms with van der Waals surface area (Å²) < 4.78 is 0.490. The first-order valence-corrected chi connectivity index (χ1v) is 6.05. The molecule has 96 valence electrons. The number of hydrogen-bond donors (Lipinski definition) is 1. The quantitative estimate of drug-likeness (QED) is 0.658. The molecule has 1 aromatic rings. The Labute approximate surface area is 115 Å². The van der Waals surface area contributed by atoms with Gasteiger partial charge in [-0.1, -0.05) is 25.8 Å². The Bertz CT molecular complexity index is 388. The summed E-state index contributed by atoms with van der Waals surface area (Å²) in [4.78, 5) is 10.3. The van der Waals surface area contributed by atoms with Crippen LogP contribution < -0.4 is 5.73 Å². The Morgan fingerprint density at radius 1 is 1.53 bits per heavy atom. The van der Waals surface area contributed by atoms with Gasteiger partial charge in [-0.3, -0.25) is 10.1 Å². The standard InChI is InChI=1S/C11H15BrN2O2.ClH/c1-2-3-4-10(13)8-5-6-9(12)11(7-8)14(15)16;/h5-7,10H,2-4,13H2,1H3;1H/t10-;/m0./s1. The van der Waals surface area contributed by atoms with Crippen LogP contribution in [0, 0.1) is 10.1 Å².